The fourth-order valence-corrected chi connectivity index (χ4v) is 1.00. The zero-order valence-electron chi connectivity index (χ0n) is 5.91. The number of alkyl halides is 2. The van der Waals surface area contributed by atoms with Crippen molar-refractivity contribution in [3.63, 3.8) is 0 Å². The zero-order chi connectivity index (χ0) is 8.43. The van der Waals surface area contributed by atoms with Gasteiger partial charge in [-0.05, 0) is 0 Å². The molecule has 0 radical (unpaired) electrons. The van der Waals surface area contributed by atoms with Crippen molar-refractivity contribution in [1.29, 1.82) is 0 Å². The summed E-state index contributed by atoms with van der Waals surface area (Å²) in [5.74, 6) is 0.472. The van der Waals surface area contributed by atoms with Gasteiger partial charge in [0.05, 0.1) is 0 Å². The number of rotatable bonds is 2. The molecule has 0 aliphatic rings. The Hall–Kier alpha value is -0.250. The topological polar surface area (TPSA) is 38.0 Å². The molecule has 0 aromatic carbocycles. The second-order valence-corrected chi connectivity index (χ2v) is 3.34. The van der Waals surface area contributed by atoms with Crippen LogP contribution in [0.25, 0.3) is 0 Å². The number of aliphatic hydroxyl groups excluding tert-OH is 1. The molecule has 5 heteroatoms. The molecule has 1 aromatic rings. The van der Waals surface area contributed by atoms with Gasteiger partial charge in [0.25, 0.3) is 0 Å². The van der Waals surface area contributed by atoms with Gasteiger partial charge in [-0.3, -0.25) is 0 Å². The lowest BCUT2D eigenvalue weighted by molar-refractivity contribution is 0.179. The molecular weight excluding hydrogens is 187 g/mol. The van der Waals surface area contributed by atoms with Crippen LogP contribution in [0, 0.1) is 0 Å². The van der Waals surface area contributed by atoms with Crippen LogP contribution in [0.15, 0.2) is 12.4 Å². The van der Waals surface area contributed by atoms with Crippen molar-refractivity contribution >= 4 is 23.2 Å². The van der Waals surface area contributed by atoms with Crippen LogP contribution >= 0.6 is 23.2 Å². The van der Waals surface area contributed by atoms with Crippen molar-refractivity contribution in [2.45, 2.75) is 10.9 Å². The number of nitrogens with zero attached hydrogens (tertiary/aromatic N) is 2. The number of aliphatic hydroxyl groups is 1. The van der Waals surface area contributed by atoms with E-state index in [4.69, 9.17) is 23.2 Å². The van der Waals surface area contributed by atoms with E-state index in [9.17, 15) is 5.11 Å². The second kappa shape index (κ2) is 3.43. The molecular formula is C6H8Cl2N2O. The summed E-state index contributed by atoms with van der Waals surface area (Å²) in [6.07, 6.45) is 2.38. The van der Waals surface area contributed by atoms with E-state index < -0.39 is 10.9 Å². The lowest BCUT2D eigenvalue weighted by Crippen LogP contribution is -2.11. The van der Waals surface area contributed by atoms with Crippen molar-refractivity contribution in [1.82, 2.24) is 9.55 Å². The van der Waals surface area contributed by atoms with E-state index >= 15 is 0 Å². The Morgan fingerprint density at radius 2 is 2.27 bits per heavy atom. The first-order valence-corrected chi connectivity index (χ1v) is 3.93. The lowest BCUT2D eigenvalue weighted by atomic mass is 10.4. The molecule has 1 rings (SSSR count). The van der Waals surface area contributed by atoms with Gasteiger partial charge in [-0.2, -0.15) is 0 Å². The van der Waals surface area contributed by atoms with Crippen LogP contribution < -0.4 is 0 Å². The van der Waals surface area contributed by atoms with Crippen LogP contribution in [0.5, 0.6) is 0 Å². The standard InChI is InChI=1S/C6H8Cl2N2O/c1-10-3-2-9-6(10)4(11)5(7)8/h2-5,11H,1H3. The average molecular weight is 195 g/mol. The molecule has 0 bridgehead atoms. The number of hydrogen-bond acceptors (Lipinski definition) is 2. The van der Waals surface area contributed by atoms with Crippen LogP contribution in [-0.2, 0) is 7.05 Å². The highest BCUT2D eigenvalue weighted by Gasteiger charge is 2.19. The minimum absolute atomic E-state index is 0.472. The summed E-state index contributed by atoms with van der Waals surface area (Å²) >= 11 is 10.9. The SMILES string of the molecule is Cn1ccnc1C(O)C(Cl)Cl. The fourth-order valence-electron chi connectivity index (χ4n) is 0.775. The molecule has 1 unspecified atom stereocenters. The molecule has 62 valence electrons. The van der Waals surface area contributed by atoms with Gasteiger partial charge < -0.3 is 9.67 Å². The summed E-state index contributed by atoms with van der Waals surface area (Å²) in [6.45, 7) is 0. The predicted molar refractivity (Wildman–Crippen MR) is 43.7 cm³/mol. The maximum absolute atomic E-state index is 9.32. The smallest absolute Gasteiger partial charge is 0.142 e. The van der Waals surface area contributed by atoms with Gasteiger partial charge in [0.1, 0.15) is 16.8 Å². The Balaban J connectivity index is 2.84. The molecule has 11 heavy (non-hydrogen) atoms. The van der Waals surface area contributed by atoms with Crippen molar-refractivity contribution in [3.8, 4) is 0 Å². The van der Waals surface area contributed by atoms with Crippen molar-refractivity contribution in [2.75, 3.05) is 0 Å². The third-order valence-corrected chi connectivity index (χ3v) is 1.84. The summed E-state index contributed by atoms with van der Waals surface area (Å²) in [4.78, 5) is 3.04. The third-order valence-electron chi connectivity index (χ3n) is 1.36. The number of halogens is 2. The molecule has 1 aromatic heterocycles. The van der Waals surface area contributed by atoms with Crippen molar-refractivity contribution in [3.05, 3.63) is 18.2 Å². The first kappa shape index (κ1) is 8.84. The summed E-state index contributed by atoms with van der Waals surface area (Å²) in [6, 6.07) is 0. The summed E-state index contributed by atoms with van der Waals surface area (Å²) < 4.78 is 1.67. The highest BCUT2D eigenvalue weighted by Crippen LogP contribution is 2.21. The van der Waals surface area contributed by atoms with Crippen LogP contribution in [-0.4, -0.2) is 19.5 Å². The van der Waals surface area contributed by atoms with Crippen molar-refractivity contribution < 1.29 is 5.11 Å². The van der Waals surface area contributed by atoms with E-state index in [2.05, 4.69) is 4.98 Å². The molecule has 0 aliphatic carbocycles. The maximum atomic E-state index is 9.32. The molecule has 1 N–H and O–H groups in total. The van der Waals surface area contributed by atoms with Gasteiger partial charge in [-0.15, -0.1) is 23.2 Å². The molecule has 0 fully saturated rings. The van der Waals surface area contributed by atoms with Gasteiger partial charge >= 0.3 is 0 Å². The Morgan fingerprint density at radius 1 is 1.64 bits per heavy atom. The molecule has 0 saturated heterocycles. The normalized spacial score (nSPS) is 13.9. The summed E-state index contributed by atoms with van der Waals surface area (Å²) in [5.41, 5.74) is 0. The minimum Gasteiger partial charge on any atom is -0.382 e. The van der Waals surface area contributed by atoms with E-state index in [1.54, 1.807) is 24.0 Å². The highest BCUT2D eigenvalue weighted by molar-refractivity contribution is 6.44. The first-order chi connectivity index (χ1) is 5.13. The molecule has 0 aliphatic heterocycles. The third kappa shape index (κ3) is 1.86. The van der Waals surface area contributed by atoms with E-state index in [0.717, 1.165) is 0 Å². The van der Waals surface area contributed by atoms with Gasteiger partial charge in [-0.25, -0.2) is 4.98 Å². The highest BCUT2D eigenvalue weighted by atomic mass is 35.5. The Labute approximate surface area is 74.6 Å². The summed E-state index contributed by atoms with van der Waals surface area (Å²) in [5, 5.41) is 9.32. The van der Waals surface area contributed by atoms with Gasteiger partial charge in [0.2, 0.25) is 0 Å². The van der Waals surface area contributed by atoms with Gasteiger partial charge in [-0.1, -0.05) is 0 Å². The second-order valence-electron chi connectivity index (χ2n) is 2.18. The van der Waals surface area contributed by atoms with E-state index in [1.165, 1.54) is 0 Å². The van der Waals surface area contributed by atoms with E-state index in [-0.39, 0.29) is 0 Å². The predicted octanol–water partition coefficient (Wildman–Crippen LogP) is 1.26. The monoisotopic (exact) mass is 194 g/mol. The van der Waals surface area contributed by atoms with Gasteiger partial charge in [0.15, 0.2) is 0 Å². The van der Waals surface area contributed by atoms with Crippen LogP contribution in [0.2, 0.25) is 0 Å². The van der Waals surface area contributed by atoms with Crippen molar-refractivity contribution in [2.24, 2.45) is 7.05 Å². The number of aromatic nitrogens is 2. The Morgan fingerprint density at radius 3 is 2.64 bits per heavy atom. The fraction of sp³-hybridized carbons (Fsp3) is 0.500. The number of imidazole rings is 1. The van der Waals surface area contributed by atoms with E-state index in [1.807, 2.05) is 0 Å². The largest absolute Gasteiger partial charge is 0.382 e. The molecule has 0 spiro atoms. The maximum Gasteiger partial charge on any atom is 0.142 e. The molecule has 1 heterocycles. The average Bonchev–Trinajstić information content (AvgIpc) is 2.33. The van der Waals surface area contributed by atoms with E-state index in [0.29, 0.717) is 5.82 Å². The molecule has 0 saturated carbocycles. The van der Waals surface area contributed by atoms with Gasteiger partial charge in [0, 0.05) is 19.4 Å². The molecule has 1 atom stereocenters. The molecule has 0 amide bonds. The van der Waals surface area contributed by atoms with Crippen LogP contribution in [0.4, 0.5) is 0 Å². The van der Waals surface area contributed by atoms with Crippen LogP contribution in [0.1, 0.15) is 11.9 Å². The quantitative estimate of drug-likeness (QED) is 0.721. The number of hydrogen-bond donors (Lipinski definition) is 1. The zero-order valence-corrected chi connectivity index (χ0v) is 7.42. The number of aryl methyl sites for hydroxylation is 1. The lowest BCUT2D eigenvalue weighted by Gasteiger charge is -2.10. The van der Waals surface area contributed by atoms with Crippen LogP contribution in [0.3, 0.4) is 0 Å². The summed E-state index contributed by atoms with van der Waals surface area (Å²) in [7, 11) is 1.77. The molecule has 3 nitrogen and oxygen atoms in total. The Kier molecular flexibility index (Phi) is 2.76. The minimum atomic E-state index is -0.918. The Bertz CT molecular complexity index is 236. The first-order valence-electron chi connectivity index (χ1n) is 3.06.